The molecule has 9 nitrogen and oxygen atoms in total. The lowest BCUT2D eigenvalue weighted by molar-refractivity contribution is -0.202. The zero-order valence-corrected chi connectivity index (χ0v) is 25.3. The number of carbonyl (C=O) groups excluding carboxylic acids is 4. The van der Waals surface area contributed by atoms with Gasteiger partial charge in [0.2, 0.25) is 0 Å². The van der Waals surface area contributed by atoms with Crippen LogP contribution in [0.3, 0.4) is 0 Å². The SMILES string of the molecule is CCn1c2ccc(C(=O)c3cccc4ccccc34)cc2c2cc(/C(CC(C)N(OC(C)=O)C(C)=O)=N/OC(C)=O)ccc21. The van der Waals surface area contributed by atoms with Crippen molar-refractivity contribution in [2.24, 2.45) is 5.16 Å². The van der Waals surface area contributed by atoms with Crippen LogP contribution in [0.25, 0.3) is 32.6 Å². The zero-order chi connectivity index (χ0) is 31.5. The minimum atomic E-state index is -0.631. The maximum Gasteiger partial charge on any atom is 0.331 e. The van der Waals surface area contributed by atoms with E-state index < -0.39 is 23.9 Å². The van der Waals surface area contributed by atoms with E-state index in [1.807, 2.05) is 78.9 Å². The third kappa shape index (κ3) is 5.94. The fraction of sp³-hybridized carbons (Fsp3) is 0.229. The molecule has 5 aromatic rings. The average molecular weight is 592 g/mol. The van der Waals surface area contributed by atoms with Crippen molar-refractivity contribution >= 4 is 61.9 Å². The number of amides is 1. The second-order valence-electron chi connectivity index (χ2n) is 10.7. The molecule has 0 aliphatic carbocycles. The zero-order valence-electron chi connectivity index (χ0n) is 25.3. The number of hydrogen-bond acceptors (Lipinski definition) is 7. The molecule has 4 aromatic carbocycles. The Morgan fingerprint density at radius 3 is 2.07 bits per heavy atom. The summed E-state index contributed by atoms with van der Waals surface area (Å²) in [5, 5.41) is 8.76. The van der Waals surface area contributed by atoms with Gasteiger partial charge in [-0.25, -0.2) is 4.79 Å². The highest BCUT2D eigenvalue weighted by Gasteiger charge is 2.24. The molecule has 224 valence electrons. The van der Waals surface area contributed by atoms with Crippen molar-refractivity contribution in [1.82, 2.24) is 9.63 Å². The summed E-state index contributed by atoms with van der Waals surface area (Å²) in [6.45, 7) is 8.23. The smallest absolute Gasteiger partial charge is 0.331 e. The Morgan fingerprint density at radius 1 is 0.795 bits per heavy atom. The summed E-state index contributed by atoms with van der Waals surface area (Å²) in [7, 11) is 0. The predicted octanol–water partition coefficient (Wildman–Crippen LogP) is 6.57. The number of fused-ring (bicyclic) bond motifs is 4. The summed E-state index contributed by atoms with van der Waals surface area (Å²) in [5.74, 6) is -1.76. The van der Waals surface area contributed by atoms with E-state index in [4.69, 9.17) is 9.68 Å². The summed E-state index contributed by atoms with van der Waals surface area (Å²) in [6, 6.07) is 24.5. The van der Waals surface area contributed by atoms with E-state index in [2.05, 4.69) is 16.6 Å². The largest absolute Gasteiger partial charge is 0.341 e. The van der Waals surface area contributed by atoms with E-state index >= 15 is 0 Å². The number of ketones is 1. The number of hydrogen-bond donors (Lipinski definition) is 0. The minimum absolute atomic E-state index is 0.0713. The van der Waals surface area contributed by atoms with Gasteiger partial charge in [0.1, 0.15) is 0 Å². The van der Waals surface area contributed by atoms with Gasteiger partial charge in [-0.1, -0.05) is 53.7 Å². The molecule has 0 radical (unpaired) electrons. The standard InChI is InChI=1S/C35H33N3O6/c1-6-37-33-16-14-26(32(36-43-23(4)40)18-21(2)38(22(3)39)44-24(5)41)19-30(33)31-20-27(15-17-34(31)37)35(42)29-13-9-11-25-10-7-8-12-28(25)29/h7-17,19-21H,6,18H2,1-5H3/b36-32+. The third-order valence-electron chi connectivity index (χ3n) is 7.52. The van der Waals surface area contributed by atoms with Crippen molar-refractivity contribution in [2.45, 2.75) is 53.6 Å². The molecule has 0 fully saturated rings. The number of carbonyl (C=O) groups is 4. The molecule has 0 bridgehead atoms. The van der Waals surface area contributed by atoms with Gasteiger partial charge in [0.05, 0.1) is 11.8 Å². The molecule has 9 heteroatoms. The molecule has 0 aliphatic heterocycles. The molecule has 1 atom stereocenters. The predicted molar refractivity (Wildman–Crippen MR) is 169 cm³/mol. The lowest BCUT2D eigenvalue weighted by Gasteiger charge is -2.26. The summed E-state index contributed by atoms with van der Waals surface area (Å²) >= 11 is 0. The molecule has 0 spiro atoms. The van der Waals surface area contributed by atoms with Crippen LogP contribution in [0.2, 0.25) is 0 Å². The Morgan fingerprint density at radius 2 is 1.43 bits per heavy atom. The van der Waals surface area contributed by atoms with Crippen LogP contribution >= 0.6 is 0 Å². The lowest BCUT2D eigenvalue weighted by Crippen LogP contribution is -2.39. The van der Waals surface area contributed by atoms with Gasteiger partial charge >= 0.3 is 11.9 Å². The number of oxime groups is 1. The fourth-order valence-corrected chi connectivity index (χ4v) is 5.64. The molecule has 44 heavy (non-hydrogen) atoms. The third-order valence-corrected chi connectivity index (χ3v) is 7.52. The van der Waals surface area contributed by atoms with Gasteiger partial charge in [-0.05, 0) is 55.0 Å². The Labute approximate surface area is 254 Å². The topological polar surface area (TPSA) is 107 Å². The van der Waals surface area contributed by atoms with Crippen molar-refractivity contribution in [1.29, 1.82) is 0 Å². The van der Waals surface area contributed by atoms with Gasteiger partial charge in [-0.3, -0.25) is 14.4 Å². The first-order valence-electron chi connectivity index (χ1n) is 14.4. The van der Waals surface area contributed by atoms with Crippen LogP contribution in [-0.2, 0) is 30.6 Å². The Bertz CT molecular complexity index is 1970. The number of nitrogens with zero attached hydrogens (tertiary/aromatic N) is 3. The van der Waals surface area contributed by atoms with Crippen LogP contribution in [0.15, 0.2) is 84.0 Å². The fourth-order valence-electron chi connectivity index (χ4n) is 5.64. The summed E-state index contributed by atoms with van der Waals surface area (Å²) in [4.78, 5) is 59.5. The molecular formula is C35H33N3O6. The van der Waals surface area contributed by atoms with Crippen LogP contribution < -0.4 is 0 Å². The highest BCUT2D eigenvalue weighted by atomic mass is 16.7. The van der Waals surface area contributed by atoms with Gasteiger partial charge in [0.15, 0.2) is 5.78 Å². The van der Waals surface area contributed by atoms with Gasteiger partial charge in [0, 0.05) is 72.2 Å². The Hall–Kier alpha value is -5.31. The van der Waals surface area contributed by atoms with Gasteiger partial charge in [-0.2, -0.15) is 5.06 Å². The minimum Gasteiger partial charge on any atom is -0.341 e. The molecule has 1 heterocycles. The van der Waals surface area contributed by atoms with E-state index in [0.717, 1.165) is 37.6 Å². The van der Waals surface area contributed by atoms with Crippen LogP contribution in [0.5, 0.6) is 0 Å². The number of aromatic nitrogens is 1. The number of hydroxylamine groups is 2. The first kappa shape index (κ1) is 30.2. The van der Waals surface area contributed by atoms with Crippen molar-refractivity contribution in [3.8, 4) is 0 Å². The maximum absolute atomic E-state index is 13.8. The van der Waals surface area contributed by atoms with E-state index in [9.17, 15) is 19.2 Å². The molecule has 1 unspecified atom stereocenters. The quantitative estimate of drug-likeness (QED) is 0.0874. The first-order valence-corrected chi connectivity index (χ1v) is 14.4. The highest BCUT2D eigenvalue weighted by Crippen LogP contribution is 2.32. The number of rotatable bonds is 8. The van der Waals surface area contributed by atoms with E-state index in [1.165, 1.54) is 20.8 Å². The molecule has 1 amide bonds. The number of aryl methyl sites for hydroxylation is 1. The lowest BCUT2D eigenvalue weighted by atomic mass is 9.96. The summed E-state index contributed by atoms with van der Waals surface area (Å²) in [6.07, 6.45) is 0.128. The summed E-state index contributed by atoms with van der Waals surface area (Å²) in [5.41, 5.74) is 4.17. The normalized spacial score (nSPS) is 12.3. The first-order chi connectivity index (χ1) is 21.1. The van der Waals surface area contributed by atoms with Gasteiger partial charge in [-0.15, -0.1) is 0 Å². The van der Waals surface area contributed by atoms with Crippen LogP contribution in [0.1, 0.15) is 62.5 Å². The molecule has 0 saturated heterocycles. The van der Waals surface area contributed by atoms with Crippen LogP contribution in [-0.4, -0.2) is 45.0 Å². The van der Waals surface area contributed by atoms with E-state index in [-0.39, 0.29) is 12.2 Å². The van der Waals surface area contributed by atoms with Gasteiger partial charge in [0.25, 0.3) is 5.91 Å². The van der Waals surface area contributed by atoms with E-state index in [1.54, 1.807) is 6.92 Å². The molecular weight excluding hydrogens is 558 g/mol. The molecule has 5 rings (SSSR count). The Kier molecular flexibility index (Phi) is 8.57. The van der Waals surface area contributed by atoms with Crippen molar-refractivity contribution in [3.05, 3.63) is 95.6 Å². The van der Waals surface area contributed by atoms with Crippen LogP contribution in [0, 0.1) is 0 Å². The summed E-state index contributed by atoms with van der Waals surface area (Å²) < 4.78 is 2.17. The second-order valence-corrected chi connectivity index (χ2v) is 10.7. The maximum atomic E-state index is 13.8. The Balaban J connectivity index is 1.61. The average Bonchev–Trinajstić information content (AvgIpc) is 3.32. The molecule has 0 saturated carbocycles. The highest BCUT2D eigenvalue weighted by molar-refractivity contribution is 6.19. The second kappa shape index (κ2) is 12.5. The monoisotopic (exact) mass is 591 g/mol. The van der Waals surface area contributed by atoms with Crippen molar-refractivity contribution in [2.75, 3.05) is 0 Å². The van der Waals surface area contributed by atoms with Gasteiger partial charge < -0.3 is 14.2 Å². The van der Waals surface area contributed by atoms with Crippen LogP contribution in [0.4, 0.5) is 0 Å². The molecule has 0 N–H and O–H groups in total. The molecule has 0 aliphatic rings. The number of benzene rings is 4. The van der Waals surface area contributed by atoms with Crippen molar-refractivity contribution in [3.63, 3.8) is 0 Å². The van der Waals surface area contributed by atoms with Crippen molar-refractivity contribution < 1.29 is 28.9 Å². The molecule has 1 aromatic heterocycles. The van der Waals surface area contributed by atoms with E-state index in [0.29, 0.717) is 28.9 Å².